The molecule has 0 aromatic heterocycles. The minimum atomic E-state index is -0.483. The van der Waals surface area contributed by atoms with Gasteiger partial charge in [-0.25, -0.2) is 9.59 Å². The van der Waals surface area contributed by atoms with Crippen molar-refractivity contribution < 1.29 is 23.8 Å². The number of para-hydroxylation sites is 3. The molecule has 0 fully saturated rings. The topological polar surface area (TPSA) is 85.9 Å². The van der Waals surface area contributed by atoms with Gasteiger partial charge in [0.1, 0.15) is 6.61 Å². The number of methoxy groups -OCH3 is 1. The second kappa shape index (κ2) is 9.93. The van der Waals surface area contributed by atoms with E-state index in [0.717, 1.165) is 0 Å². The first kappa shape index (κ1) is 19.1. The van der Waals surface area contributed by atoms with Gasteiger partial charge in [-0.1, -0.05) is 24.3 Å². The molecule has 2 rings (SSSR count). The van der Waals surface area contributed by atoms with Gasteiger partial charge in [-0.3, -0.25) is 0 Å². The average molecular weight is 358 g/mol. The van der Waals surface area contributed by atoms with E-state index in [9.17, 15) is 9.59 Å². The Morgan fingerprint density at radius 1 is 1.00 bits per heavy atom. The third-order valence-electron chi connectivity index (χ3n) is 3.38. The summed E-state index contributed by atoms with van der Waals surface area (Å²) >= 11 is 0. The van der Waals surface area contributed by atoms with Crippen LogP contribution in [0.3, 0.4) is 0 Å². The highest BCUT2D eigenvalue weighted by Gasteiger charge is 2.13. The Morgan fingerprint density at radius 2 is 1.69 bits per heavy atom. The zero-order valence-corrected chi connectivity index (χ0v) is 14.8. The molecular weight excluding hydrogens is 336 g/mol. The van der Waals surface area contributed by atoms with Crippen LogP contribution < -0.4 is 20.1 Å². The summed E-state index contributed by atoms with van der Waals surface area (Å²) in [6, 6.07) is 13.5. The van der Waals surface area contributed by atoms with E-state index in [1.165, 1.54) is 0 Å². The monoisotopic (exact) mass is 358 g/mol. The lowest BCUT2D eigenvalue weighted by Gasteiger charge is -2.12. The van der Waals surface area contributed by atoms with E-state index in [1.807, 2.05) is 12.1 Å². The molecule has 0 bridgehead atoms. The molecule has 7 nitrogen and oxygen atoms in total. The molecule has 0 radical (unpaired) electrons. The highest BCUT2D eigenvalue weighted by molar-refractivity contribution is 6.00. The maximum atomic E-state index is 12.0. The van der Waals surface area contributed by atoms with Crippen LogP contribution in [0.2, 0.25) is 0 Å². The van der Waals surface area contributed by atoms with Crippen LogP contribution in [-0.4, -0.2) is 38.9 Å². The van der Waals surface area contributed by atoms with Crippen LogP contribution >= 0.6 is 0 Å². The summed E-state index contributed by atoms with van der Waals surface area (Å²) in [6.07, 6.45) is 0. The fourth-order valence-electron chi connectivity index (χ4n) is 2.21. The van der Waals surface area contributed by atoms with E-state index in [-0.39, 0.29) is 19.8 Å². The Labute approximate surface area is 152 Å². The minimum Gasteiger partial charge on any atom is -0.493 e. The minimum absolute atomic E-state index is 0.264. The normalized spacial score (nSPS) is 9.92. The zero-order chi connectivity index (χ0) is 18.8. The Bertz CT molecular complexity index is 748. The van der Waals surface area contributed by atoms with Gasteiger partial charge in [-0.2, -0.15) is 0 Å². The van der Waals surface area contributed by atoms with Crippen LogP contribution in [0.25, 0.3) is 0 Å². The van der Waals surface area contributed by atoms with Crippen LogP contribution in [-0.2, 0) is 4.74 Å². The summed E-state index contributed by atoms with van der Waals surface area (Å²) in [7, 11) is 1.56. The quantitative estimate of drug-likeness (QED) is 0.559. The van der Waals surface area contributed by atoms with Crippen molar-refractivity contribution in [3.8, 4) is 11.5 Å². The fourth-order valence-corrected chi connectivity index (χ4v) is 2.21. The van der Waals surface area contributed by atoms with Crippen molar-refractivity contribution in [1.29, 1.82) is 0 Å². The van der Waals surface area contributed by atoms with Crippen molar-refractivity contribution in [2.45, 2.75) is 6.92 Å². The molecule has 0 aliphatic carbocycles. The zero-order valence-electron chi connectivity index (χ0n) is 14.8. The summed E-state index contributed by atoms with van der Waals surface area (Å²) < 4.78 is 15.7. The first-order chi connectivity index (χ1) is 12.7. The molecule has 2 aromatic rings. The van der Waals surface area contributed by atoms with Crippen LogP contribution in [0.4, 0.5) is 10.5 Å². The van der Waals surface area contributed by atoms with Gasteiger partial charge >= 0.3 is 12.0 Å². The molecule has 0 atom stereocenters. The molecule has 0 spiro atoms. The summed E-state index contributed by atoms with van der Waals surface area (Å²) in [6.45, 7) is 2.54. The van der Waals surface area contributed by atoms with Gasteiger partial charge in [0.05, 0.1) is 31.5 Å². The van der Waals surface area contributed by atoms with E-state index in [2.05, 4.69) is 10.6 Å². The summed E-state index contributed by atoms with van der Waals surface area (Å²) in [5.74, 6) is 0.744. The van der Waals surface area contributed by atoms with Crippen molar-refractivity contribution in [3.63, 3.8) is 0 Å². The largest absolute Gasteiger partial charge is 0.493 e. The first-order valence-electron chi connectivity index (χ1n) is 8.22. The fraction of sp³-hybridized carbons (Fsp3) is 0.263. The number of urea groups is 1. The SMILES string of the molecule is CCOC(=O)c1ccccc1NC(=O)NCCOc1ccccc1OC. The van der Waals surface area contributed by atoms with E-state index in [0.29, 0.717) is 22.7 Å². The van der Waals surface area contributed by atoms with Gasteiger partial charge in [0.25, 0.3) is 0 Å². The van der Waals surface area contributed by atoms with Crippen LogP contribution in [0.5, 0.6) is 11.5 Å². The number of amides is 2. The Kier molecular flexibility index (Phi) is 7.30. The summed E-state index contributed by atoms with van der Waals surface area (Å²) in [5.41, 5.74) is 0.684. The third kappa shape index (κ3) is 5.41. The molecule has 2 amide bonds. The standard InChI is InChI=1S/C19H22N2O5/c1-3-25-18(22)14-8-4-5-9-15(14)21-19(23)20-12-13-26-17-11-7-6-10-16(17)24-2/h4-11H,3,12-13H2,1-2H3,(H2,20,21,23). The lowest BCUT2D eigenvalue weighted by atomic mass is 10.2. The number of ether oxygens (including phenoxy) is 3. The smallest absolute Gasteiger partial charge is 0.340 e. The van der Waals surface area contributed by atoms with Crippen molar-refractivity contribution >= 4 is 17.7 Å². The predicted octanol–water partition coefficient (Wildman–Crippen LogP) is 3.07. The third-order valence-corrected chi connectivity index (χ3v) is 3.38. The van der Waals surface area contributed by atoms with Gasteiger partial charge < -0.3 is 24.8 Å². The van der Waals surface area contributed by atoms with E-state index >= 15 is 0 Å². The molecule has 0 aliphatic heterocycles. The number of anilines is 1. The van der Waals surface area contributed by atoms with E-state index < -0.39 is 12.0 Å². The number of hydrogen-bond donors (Lipinski definition) is 2. The van der Waals surface area contributed by atoms with Crippen LogP contribution in [0, 0.1) is 0 Å². The molecule has 0 saturated carbocycles. The molecule has 0 aliphatic rings. The van der Waals surface area contributed by atoms with Crippen LogP contribution in [0.1, 0.15) is 17.3 Å². The Morgan fingerprint density at radius 3 is 2.42 bits per heavy atom. The molecule has 2 N–H and O–H groups in total. The number of benzene rings is 2. The molecule has 0 unspecified atom stereocenters. The highest BCUT2D eigenvalue weighted by atomic mass is 16.5. The molecule has 2 aromatic carbocycles. The number of carbonyl (C=O) groups is 2. The van der Waals surface area contributed by atoms with E-state index in [1.54, 1.807) is 50.4 Å². The Balaban J connectivity index is 1.83. The van der Waals surface area contributed by atoms with Crippen molar-refractivity contribution in [3.05, 3.63) is 54.1 Å². The molecule has 26 heavy (non-hydrogen) atoms. The molecule has 0 heterocycles. The number of nitrogens with one attached hydrogen (secondary N) is 2. The second-order valence-electron chi connectivity index (χ2n) is 5.15. The maximum absolute atomic E-state index is 12.0. The maximum Gasteiger partial charge on any atom is 0.340 e. The van der Waals surface area contributed by atoms with Crippen molar-refractivity contribution in [2.24, 2.45) is 0 Å². The average Bonchev–Trinajstić information content (AvgIpc) is 2.66. The number of carbonyl (C=O) groups excluding carboxylic acids is 2. The lowest BCUT2D eigenvalue weighted by molar-refractivity contribution is 0.0527. The van der Waals surface area contributed by atoms with Crippen molar-refractivity contribution in [2.75, 3.05) is 32.2 Å². The van der Waals surface area contributed by atoms with Crippen LogP contribution in [0.15, 0.2) is 48.5 Å². The molecular formula is C19H22N2O5. The summed E-state index contributed by atoms with van der Waals surface area (Å²) in [4.78, 5) is 23.9. The molecule has 138 valence electrons. The van der Waals surface area contributed by atoms with Gasteiger partial charge in [0, 0.05) is 0 Å². The highest BCUT2D eigenvalue weighted by Crippen LogP contribution is 2.25. The first-order valence-corrected chi connectivity index (χ1v) is 8.22. The van der Waals surface area contributed by atoms with E-state index in [4.69, 9.17) is 14.2 Å². The number of rotatable bonds is 8. The number of esters is 1. The molecule has 7 heteroatoms. The predicted molar refractivity (Wildman–Crippen MR) is 97.9 cm³/mol. The second-order valence-corrected chi connectivity index (χ2v) is 5.15. The number of hydrogen-bond acceptors (Lipinski definition) is 5. The Hall–Kier alpha value is -3.22. The molecule has 0 saturated heterocycles. The summed E-state index contributed by atoms with van der Waals surface area (Å²) in [5, 5.41) is 5.31. The van der Waals surface area contributed by atoms with Crippen molar-refractivity contribution in [1.82, 2.24) is 5.32 Å². The lowest BCUT2D eigenvalue weighted by Crippen LogP contribution is -2.32. The van der Waals surface area contributed by atoms with Gasteiger partial charge in [-0.15, -0.1) is 0 Å². The van der Waals surface area contributed by atoms with Gasteiger partial charge in [0.15, 0.2) is 11.5 Å². The van der Waals surface area contributed by atoms with Gasteiger partial charge in [0.2, 0.25) is 0 Å². The van der Waals surface area contributed by atoms with Gasteiger partial charge in [-0.05, 0) is 31.2 Å².